The molecule has 156 valence electrons. The fraction of sp³-hybridized carbons (Fsp3) is 0.296. The van der Waals surface area contributed by atoms with Gasteiger partial charge in [-0.05, 0) is 52.8 Å². The van der Waals surface area contributed by atoms with Crippen molar-refractivity contribution in [3.05, 3.63) is 101 Å². The molecule has 0 aliphatic carbocycles. The van der Waals surface area contributed by atoms with Gasteiger partial charge in [-0.1, -0.05) is 76.2 Å². The third-order valence-electron chi connectivity index (χ3n) is 5.44. The Hall–Kier alpha value is -2.94. The van der Waals surface area contributed by atoms with Crippen LogP contribution in [0.4, 0.5) is 10.1 Å². The van der Waals surface area contributed by atoms with Gasteiger partial charge in [0.05, 0.1) is 6.04 Å². The van der Waals surface area contributed by atoms with Gasteiger partial charge in [0.15, 0.2) is 5.78 Å². The van der Waals surface area contributed by atoms with E-state index in [4.69, 9.17) is 0 Å². The van der Waals surface area contributed by atoms with Crippen molar-refractivity contribution in [2.45, 2.75) is 52.0 Å². The zero-order valence-corrected chi connectivity index (χ0v) is 18.2. The van der Waals surface area contributed by atoms with Gasteiger partial charge in [-0.25, -0.2) is 4.39 Å². The van der Waals surface area contributed by atoms with Crippen molar-refractivity contribution in [3.8, 4) is 0 Å². The van der Waals surface area contributed by atoms with E-state index in [-0.39, 0.29) is 29.5 Å². The number of carbonyl (C=O) groups is 1. The van der Waals surface area contributed by atoms with Gasteiger partial charge in [0.25, 0.3) is 0 Å². The van der Waals surface area contributed by atoms with Gasteiger partial charge >= 0.3 is 0 Å². The molecule has 0 aliphatic rings. The predicted octanol–water partition coefficient (Wildman–Crippen LogP) is 7.11. The van der Waals surface area contributed by atoms with Crippen molar-refractivity contribution >= 4 is 11.5 Å². The summed E-state index contributed by atoms with van der Waals surface area (Å²) in [5.41, 5.74) is 5.02. The van der Waals surface area contributed by atoms with Crippen LogP contribution < -0.4 is 5.32 Å². The van der Waals surface area contributed by atoms with Crippen LogP contribution in [0.3, 0.4) is 0 Å². The summed E-state index contributed by atoms with van der Waals surface area (Å²) in [4.78, 5) is 13.0. The molecule has 3 heteroatoms. The van der Waals surface area contributed by atoms with Crippen molar-refractivity contribution in [2.75, 3.05) is 5.32 Å². The highest BCUT2D eigenvalue weighted by Crippen LogP contribution is 2.27. The van der Waals surface area contributed by atoms with E-state index in [0.29, 0.717) is 5.56 Å². The van der Waals surface area contributed by atoms with E-state index in [1.807, 2.05) is 36.4 Å². The van der Waals surface area contributed by atoms with Gasteiger partial charge in [0.1, 0.15) is 5.82 Å². The Kier molecular flexibility index (Phi) is 6.71. The average molecular weight is 404 g/mol. The summed E-state index contributed by atoms with van der Waals surface area (Å²) in [5.74, 6) is -0.226. The fourth-order valence-corrected chi connectivity index (χ4v) is 3.44. The maximum absolute atomic E-state index is 13.4. The van der Waals surface area contributed by atoms with Crippen LogP contribution in [0.15, 0.2) is 72.8 Å². The molecular weight excluding hydrogens is 373 g/mol. The van der Waals surface area contributed by atoms with E-state index in [1.54, 1.807) is 12.1 Å². The van der Waals surface area contributed by atoms with Gasteiger partial charge < -0.3 is 5.32 Å². The van der Waals surface area contributed by atoms with E-state index in [1.165, 1.54) is 23.3 Å². The molecule has 0 amide bonds. The number of Topliss-reactive ketones (excluding diaryl/α,β-unsaturated/α-hetero) is 1. The maximum Gasteiger partial charge on any atom is 0.165 e. The zero-order valence-electron chi connectivity index (χ0n) is 18.2. The van der Waals surface area contributed by atoms with Crippen LogP contribution in [0.25, 0.3) is 0 Å². The Bertz CT molecular complexity index is 967. The Labute approximate surface area is 179 Å². The topological polar surface area (TPSA) is 29.1 Å². The first kappa shape index (κ1) is 21.8. The van der Waals surface area contributed by atoms with E-state index in [2.05, 4.69) is 45.1 Å². The molecule has 1 N–H and O–H groups in total. The second-order valence-corrected chi connectivity index (χ2v) is 8.75. The van der Waals surface area contributed by atoms with Crippen LogP contribution in [0, 0.1) is 5.82 Å². The second-order valence-electron chi connectivity index (χ2n) is 8.75. The van der Waals surface area contributed by atoms with Crippen LogP contribution >= 0.6 is 0 Å². The average Bonchev–Trinajstić information content (AvgIpc) is 2.74. The standard InChI is InChI=1S/C27H30FNO/c1-5-19-6-16-24(17-7-19)29-25(20-10-14-23(28)15-11-20)18-26(30)21-8-12-22(13-9-21)27(2,3)4/h6-17,25,29H,5,18H2,1-4H3/t25-/m0/s1. The minimum absolute atomic E-state index is 0.0461. The minimum atomic E-state index is -0.283. The number of halogens is 1. The predicted molar refractivity (Wildman–Crippen MR) is 123 cm³/mol. The lowest BCUT2D eigenvalue weighted by Gasteiger charge is -2.21. The number of ketones is 1. The molecule has 3 rings (SSSR count). The second kappa shape index (κ2) is 9.25. The van der Waals surface area contributed by atoms with Crippen molar-refractivity contribution < 1.29 is 9.18 Å². The number of benzene rings is 3. The molecule has 0 aromatic heterocycles. The molecule has 0 fully saturated rings. The van der Waals surface area contributed by atoms with Gasteiger partial charge in [0, 0.05) is 17.7 Å². The lowest BCUT2D eigenvalue weighted by atomic mass is 9.86. The van der Waals surface area contributed by atoms with E-state index >= 15 is 0 Å². The van der Waals surface area contributed by atoms with Crippen LogP contribution in [0.1, 0.15) is 67.2 Å². The molecule has 2 nitrogen and oxygen atoms in total. The summed E-state index contributed by atoms with van der Waals surface area (Å²) in [6.07, 6.45) is 1.26. The SMILES string of the molecule is CCc1ccc(N[C@@H](CC(=O)c2ccc(C(C)(C)C)cc2)c2ccc(F)cc2)cc1. The third-order valence-corrected chi connectivity index (χ3v) is 5.44. The normalized spacial score (nSPS) is 12.4. The molecule has 3 aromatic carbocycles. The number of carbonyl (C=O) groups excluding carboxylic acids is 1. The van der Waals surface area contributed by atoms with Gasteiger partial charge in [0.2, 0.25) is 0 Å². The van der Waals surface area contributed by atoms with Crippen LogP contribution in [0.5, 0.6) is 0 Å². The molecule has 0 radical (unpaired) electrons. The molecule has 0 heterocycles. The molecule has 0 bridgehead atoms. The minimum Gasteiger partial charge on any atom is -0.378 e. The highest BCUT2D eigenvalue weighted by Gasteiger charge is 2.19. The summed E-state index contributed by atoms with van der Waals surface area (Å²) in [6, 6.07) is 22.2. The van der Waals surface area contributed by atoms with Crippen LogP contribution in [0.2, 0.25) is 0 Å². The largest absolute Gasteiger partial charge is 0.378 e. The molecule has 0 saturated heterocycles. The van der Waals surface area contributed by atoms with Crippen molar-refractivity contribution in [1.29, 1.82) is 0 Å². The Morgan fingerprint density at radius 2 is 1.50 bits per heavy atom. The van der Waals surface area contributed by atoms with Gasteiger partial charge in [-0.15, -0.1) is 0 Å². The first-order chi connectivity index (χ1) is 14.3. The molecule has 0 aliphatic heterocycles. The Morgan fingerprint density at radius 1 is 0.900 bits per heavy atom. The summed E-state index contributed by atoms with van der Waals surface area (Å²) in [7, 11) is 0. The number of aryl methyl sites for hydroxylation is 1. The summed E-state index contributed by atoms with van der Waals surface area (Å²) < 4.78 is 13.4. The molecule has 0 spiro atoms. The fourth-order valence-electron chi connectivity index (χ4n) is 3.44. The number of nitrogens with one attached hydrogen (secondary N) is 1. The van der Waals surface area contributed by atoms with Crippen molar-refractivity contribution in [2.24, 2.45) is 0 Å². The maximum atomic E-state index is 13.4. The summed E-state index contributed by atoms with van der Waals surface area (Å²) in [5, 5.41) is 3.46. The Morgan fingerprint density at radius 3 is 2.03 bits per heavy atom. The molecule has 0 saturated carbocycles. The van der Waals surface area contributed by atoms with E-state index in [9.17, 15) is 9.18 Å². The highest BCUT2D eigenvalue weighted by atomic mass is 19.1. The third kappa shape index (κ3) is 5.56. The first-order valence-corrected chi connectivity index (χ1v) is 10.5. The lowest BCUT2D eigenvalue weighted by Crippen LogP contribution is -2.16. The number of anilines is 1. The van der Waals surface area contributed by atoms with Gasteiger partial charge in [-0.3, -0.25) is 4.79 Å². The number of rotatable bonds is 7. The zero-order chi connectivity index (χ0) is 21.7. The van der Waals surface area contributed by atoms with E-state index < -0.39 is 0 Å². The number of hydrogen-bond acceptors (Lipinski definition) is 2. The molecular formula is C27H30FNO. The quantitative estimate of drug-likeness (QED) is 0.426. The summed E-state index contributed by atoms with van der Waals surface area (Å²) in [6.45, 7) is 8.58. The highest BCUT2D eigenvalue weighted by molar-refractivity contribution is 5.96. The van der Waals surface area contributed by atoms with Crippen molar-refractivity contribution in [1.82, 2.24) is 0 Å². The van der Waals surface area contributed by atoms with E-state index in [0.717, 1.165) is 17.7 Å². The van der Waals surface area contributed by atoms with Gasteiger partial charge in [-0.2, -0.15) is 0 Å². The Balaban J connectivity index is 1.82. The van der Waals surface area contributed by atoms with Crippen LogP contribution in [-0.2, 0) is 11.8 Å². The molecule has 0 unspecified atom stereocenters. The lowest BCUT2D eigenvalue weighted by molar-refractivity contribution is 0.0976. The molecule has 30 heavy (non-hydrogen) atoms. The first-order valence-electron chi connectivity index (χ1n) is 10.5. The molecule has 1 atom stereocenters. The van der Waals surface area contributed by atoms with Crippen molar-refractivity contribution in [3.63, 3.8) is 0 Å². The van der Waals surface area contributed by atoms with Crippen LogP contribution in [-0.4, -0.2) is 5.78 Å². The summed E-state index contributed by atoms with van der Waals surface area (Å²) >= 11 is 0. The monoisotopic (exact) mass is 403 g/mol. The molecule has 3 aromatic rings. The smallest absolute Gasteiger partial charge is 0.165 e. The number of hydrogen-bond donors (Lipinski definition) is 1.